The van der Waals surface area contributed by atoms with Crippen molar-refractivity contribution in [1.29, 1.82) is 0 Å². The average molecular weight is 330 g/mol. The molecule has 0 heterocycles. The monoisotopic (exact) mass is 330 g/mol. The molecular formula is C19H26N2O3. The Balaban J connectivity index is 1.45. The Kier molecular flexibility index (Phi) is 3.82. The van der Waals surface area contributed by atoms with Crippen LogP contribution < -0.4 is 20.1 Å². The minimum atomic E-state index is -0.118. The first-order valence-electron chi connectivity index (χ1n) is 8.90. The Morgan fingerprint density at radius 1 is 0.958 bits per heavy atom. The summed E-state index contributed by atoms with van der Waals surface area (Å²) in [7, 11) is 3.21. The van der Waals surface area contributed by atoms with Crippen molar-refractivity contribution in [3.05, 3.63) is 18.2 Å². The molecule has 1 aromatic carbocycles. The van der Waals surface area contributed by atoms with Gasteiger partial charge in [-0.3, -0.25) is 0 Å². The number of ether oxygens (including phenoxy) is 2. The fraction of sp³-hybridized carbons (Fsp3) is 0.632. The molecule has 4 aliphatic carbocycles. The maximum Gasteiger partial charge on any atom is 0.319 e. The molecule has 0 aromatic heterocycles. The lowest BCUT2D eigenvalue weighted by atomic mass is 9.53. The Labute approximate surface area is 143 Å². The zero-order valence-electron chi connectivity index (χ0n) is 14.4. The quantitative estimate of drug-likeness (QED) is 0.883. The van der Waals surface area contributed by atoms with Gasteiger partial charge >= 0.3 is 6.03 Å². The number of carbonyl (C=O) groups is 1. The second-order valence-corrected chi connectivity index (χ2v) is 7.88. The number of anilines is 1. The summed E-state index contributed by atoms with van der Waals surface area (Å²) in [5.41, 5.74) is 0.704. The highest BCUT2D eigenvalue weighted by Gasteiger charge is 2.51. The number of methoxy groups -OCH3 is 2. The molecule has 0 aliphatic heterocycles. The van der Waals surface area contributed by atoms with Crippen molar-refractivity contribution in [3.8, 4) is 11.5 Å². The third-order valence-corrected chi connectivity index (χ3v) is 6.03. The summed E-state index contributed by atoms with van der Waals surface area (Å²) in [5, 5.41) is 6.27. The van der Waals surface area contributed by atoms with Crippen LogP contribution in [0.15, 0.2) is 18.2 Å². The van der Waals surface area contributed by atoms with E-state index in [1.54, 1.807) is 20.3 Å². The Morgan fingerprint density at radius 3 is 1.92 bits per heavy atom. The number of hydrogen-bond donors (Lipinski definition) is 2. The molecule has 0 atom stereocenters. The van der Waals surface area contributed by atoms with Gasteiger partial charge in [0, 0.05) is 29.4 Å². The summed E-state index contributed by atoms with van der Waals surface area (Å²) in [6.45, 7) is 0. The van der Waals surface area contributed by atoms with Gasteiger partial charge in [-0.1, -0.05) is 0 Å². The van der Waals surface area contributed by atoms with Crippen LogP contribution in [0.2, 0.25) is 0 Å². The molecule has 1 aromatic rings. The van der Waals surface area contributed by atoms with Crippen LogP contribution in [-0.2, 0) is 0 Å². The average Bonchev–Trinajstić information content (AvgIpc) is 2.52. The maximum absolute atomic E-state index is 12.6. The summed E-state index contributed by atoms with van der Waals surface area (Å²) < 4.78 is 10.5. The minimum absolute atomic E-state index is 0.0157. The molecule has 5 nitrogen and oxygen atoms in total. The van der Waals surface area contributed by atoms with Gasteiger partial charge in [-0.05, 0) is 56.3 Å². The van der Waals surface area contributed by atoms with Crippen molar-refractivity contribution >= 4 is 11.7 Å². The molecule has 4 aliphatic rings. The largest absolute Gasteiger partial charge is 0.497 e. The van der Waals surface area contributed by atoms with Crippen LogP contribution >= 0.6 is 0 Å². The van der Waals surface area contributed by atoms with Gasteiger partial charge in [0.15, 0.2) is 0 Å². The van der Waals surface area contributed by atoms with Crippen LogP contribution in [-0.4, -0.2) is 25.8 Å². The number of rotatable bonds is 4. The molecular weight excluding hydrogens is 304 g/mol. The molecule has 0 unspecified atom stereocenters. The number of benzene rings is 1. The molecule has 4 fully saturated rings. The van der Waals surface area contributed by atoms with E-state index < -0.39 is 0 Å². The predicted molar refractivity (Wildman–Crippen MR) is 92.6 cm³/mol. The van der Waals surface area contributed by atoms with Gasteiger partial charge in [0.05, 0.1) is 14.2 Å². The molecule has 5 rings (SSSR count). The lowest BCUT2D eigenvalue weighted by molar-refractivity contribution is -0.0127. The Morgan fingerprint density at radius 2 is 1.46 bits per heavy atom. The second-order valence-electron chi connectivity index (χ2n) is 7.88. The van der Waals surface area contributed by atoms with Crippen LogP contribution in [0, 0.1) is 17.8 Å². The maximum atomic E-state index is 12.6. The van der Waals surface area contributed by atoms with E-state index in [-0.39, 0.29) is 11.6 Å². The van der Waals surface area contributed by atoms with Crippen molar-refractivity contribution in [2.24, 2.45) is 17.8 Å². The van der Waals surface area contributed by atoms with E-state index in [1.165, 1.54) is 19.3 Å². The van der Waals surface area contributed by atoms with Crippen LogP contribution in [0.3, 0.4) is 0 Å². The molecule has 0 radical (unpaired) electrons. The van der Waals surface area contributed by atoms with Crippen LogP contribution in [0.1, 0.15) is 38.5 Å². The SMILES string of the molecule is COc1cc(NC(=O)NC23CC4CC(CC(C4)C2)C3)cc(OC)c1. The zero-order chi connectivity index (χ0) is 16.7. The van der Waals surface area contributed by atoms with Crippen molar-refractivity contribution in [1.82, 2.24) is 5.32 Å². The van der Waals surface area contributed by atoms with E-state index in [9.17, 15) is 4.79 Å². The molecule has 5 heteroatoms. The molecule has 24 heavy (non-hydrogen) atoms. The molecule has 2 amide bonds. The standard InChI is InChI=1S/C19H26N2O3/c1-23-16-6-15(7-17(8-16)24-2)20-18(22)21-19-9-12-3-13(10-19)5-14(4-12)11-19/h6-8,12-14H,3-5,9-11H2,1-2H3,(H2,20,21,22). The zero-order valence-corrected chi connectivity index (χ0v) is 14.4. The van der Waals surface area contributed by atoms with Gasteiger partial charge < -0.3 is 20.1 Å². The van der Waals surface area contributed by atoms with Gasteiger partial charge in [-0.2, -0.15) is 0 Å². The smallest absolute Gasteiger partial charge is 0.319 e. The second kappa shape index (κ2) is 5.87. The number of nitrogens with one attached hydrogen (secondary N) is 2. The first kappa shape index (κ1) is 15.6. The Hall–Kier alpha value is -1.91. The van der Waals surface area contributed by atoms with Gasteiger partial charge in [0.1, 0.15) is 11.5 Å². The molecule has 2 N–H and O–H groups in total. The van der Waals surface area contributed by atoms with Gasteiger partial charge in [0.2, 0.25) is 0 Å². The highest BCUT2D eigenvalue weighted by Crippen LogP contribution is 2.55. The summed E-state index contributed by atoms with van der Waals surface area (Å²) in [4.78, 5) is 12.6. The molecule has 4 saturated carbocycles. The van der Waals surface area contributed by atoms with E-state index in [1.807, 2.05) is 12.1 Å². The molecule has 130 valence electrons. The fourth-order valence-corrected chi connectivity index (χ4v) is 5.55. The highest BCUT2D eigenvalue weighted by atomic mass is 16.5. The lowest BCUT2D eigenvalue weighted by Crippen LogP contribution is -2.60. The van der Waals surface area contributed by atoms with Crippen molar-refractivity contribution in [3.63, 3.8) is 0 Å². The van der Waals surface area contributed by atoms with E-state index in [4.69, 9.17) is 9.47 Å². The number of carbonyl (C=O) groups excluding carboxylic acids is 1. The van der Waals surface area contributed by atoms with E-state index in [2.05, 4.69) is 10.6 Å². The van der Waals surface area contributed by atoms with Gasteiger partial charge in [-0.25, -0.2) is 4.79 Å². The van der Waals surface area contributed by atoms with E-state index in [0.29, 0.717) is 17.2 Å². The molecule has 0 saturated heterocycles. The van der Waals surface area contributed by atoms with Gasteiger partial charge in [-0.15, -0.1) is 0 Å². The summed E-state index contributed by atoms with van der Waals surface area (Å²) in [5.74, 6) is 3.77. The number of urea groups is 1. The normalized spacial score (nSPS) is 33.2. The lowest BCUT2D eigenvalue weighted by Gasteiger charge is -2.56. The first-order chi connectivity index (χ1) is 11.6. The number of hydrogen-bond acceptors (Lipinski definition) is 3. The first-order valence-corrected chi connectivity index (χ1v) is 8.90. The van der Waals surface area contributed by atoms with Crippen molar-refractivity contribution in [2.45, 2.75) is 44.1 Å². The summed E-state index contributed by atoms with van der Waals surface area (Å²) in [6.07, 6.45) is 7.55. The third kappa shape index (κ3) is 2.92. The third-order valence-electron chi connectivity index (χ3n) is 6.03. The van der Waals surface area contributed by atoms with Crippen LogP contribution in [0.5, 0.6) is 11.5 Å². The van der Waals surface area contributed by atoms with E-state index in [0.717, 1.165) is 37.0 Å². The molecule has 4 bridgehead atoms. The summed E-state index contributed by atoms with van der Waals surface area (Å²) >= 11 is 0. The molecule has 0 spiro atoms. The van der Waals surface area contributed by atoms with Crippen LogP contribution in [0.4, 0.5) is 10.5 Å². The predicted octanol–water partition coefficient (Wildman–Crippen LogP) is 3.79. The van der Waals surface area contributed by atoms with Crippen LogP contribution in [0.25, 0.3) is 0 Å². The minimum Gasteiger partial charge on any atom is -0.497 e. The van der Waals surface area contributed by atoms with Gasteiger partial charge in [0.25, 0.3) is 0 Å². The topological polar surface area (TPSA) is 59.6 Å². The van der Waals surface area contributed by atoms with Crippen molar-refractivity contribution < 1.29 is 14.3 Å². The number of amides is 2. The Bertz CT molecular complexity index is 586. The van der Waals surface area contributed by atoms with E-state index >= 15 is 0 Å². The van der Waals surface area contributed by atoms with Crippen molar-refractivity contribution in [2.75, 3.05) is 19.5 Å². The fourth-order valence-electron chi connectivity index (χ4n) is 5.55. The highest BCUT2D eigenvalue weighted by molar-refractivity contribution is 5.90. The summed E-state index contributed by atoms with van der Waals surface area (Å²) in [6, 6.07) is 5.29.